The first-order chi connectivity index (χ1) is 12.1. The van der Waals surface area contributed by atoms with Gasteiger partial charge in [0.25, 0.3) is 6.69 Å². The molecule has 0 nitrogen and oxygen atoms in total. The first kappa shape index (κ1) is 30.8. The molecule has 2 aliphatic rings. The van der Waals surface area contributed by atoms with Crippen molar-refractivity contribution in [1.29, 1.82) is 0 Å². The van der Waals surface area contributed by atoms with E-state index in [0.29, 0.717) is 10.8 Å². The van der Waals surface area contributed by atoms with Crippen molar-refractivity contribution in [2.45, 2.75) is 94.2 Å². The van der Waals surface area contributed by atoms with Crippen molar-refractivity contribution in [3.63, 3.8) is 0 Å². The predicted molar refractivity (Wildman–Crippen MR) is 128 cm³/mol. The van der Waals surface area contributed by atoms with Crippen molar-refractivity contribution in [3.05, 3.63) is 46.6 Å². The maximum atomic E-state index is 5.81. The molecule has 0 fully saturated rings. The molecule has 0 unspecified atom stereocenters. The van der Waals surface area contributed by atoms with Gasteiger partial charge in [-0.05, 0) is 22.9 Å². The zero-order valence-electron chi connectivity index (χ0n) is 19.7. The molecule has 0 saturated carbocycles. The van der Waals surface area contributed by atoms with Crippen LogP contribution in [0.4, 0.5) is 0 Å². The van der Waals surface area contributed by atoms with Crippen molar-refractivity contribution in [1.82, 2.24) is 0 Å². The fourth-order valence-corrected chi connectivity index (χ4v) is 2.91. The molecule has 0 bridgehead atoms. The molecule has 0 amide bonds. The van der Waals surface area contributed by atoms with Crippen LogP contribution in [0.2, 0.25) is 12.1 Å². The summed E-state index contributed by atoms with van der Waals surface area (Å²) in [7, 11) is 0. The van der Waals surface area contributed by atoms with Gasteiger partial charge in [0.05, 0.1) is 0 Å². The Labute approximate surface area is 205 Å². The maximum Gasteiger partial charge on any atom is 2.00 e. The zero-order chi connectivity index (χ0) is 21.5. The van der Waals surface area contributed by atoms with Gasteiger partial charge in [-0.2, -0.15) is 11.1 Å². The molecule has 0 aromatic rings. The zero-order valence-corrected chi connectivity index (χ0v) is 24.7. The standard InChI is InChI=1S/2C10H15.C4H10Cl2Si.Zr/c2*1-8-5-6-9(7-8)10(2,3)4;1-3-7(5,6)4-2;/h2*7H,6H2,1-4H3;3-4H2,1-2H3;/q2*-1;;+2. The molecule has 2 aliphatic carbocycles. The summed E-state index contributed by atoms with van der Waals surface area (Å²) in [5.74, 6) is 0. The van der Waals surface area contributed by atoms with Crippen LogP contribution < -0.4 is 0 Å². The van der Waals surface area contributed by atoms with Gasteiger partial charge in [-0.15, -0.1) is 35.0 Å². The summed E-state index contributed by atoms with van der Waals surface area (Å²) in [6, 6.07) is 1.93. The molecular weight excluding hydrogens is 478 g/mol. The second-order valence-corrected chi connectivity index (χ2v) is 17.5. The normalized spacial score (nSPS) is 16.4. The molecular formula is C24H40Cl2SiZr. The van der Waals surface area contributed by atoms with Crippen LogP contribution in [0.15, 0.2) is 34.4 Å². The minimum Gasteiger partial charge on any atom is -0.269 e. The molecule has 0 aromatic heterocycles. The largest absolute Gasteiger partial charge is 2.00 e. The number of halogens is 2. The van der Waals surface area contributed by atoms with E-state index >= 15 is 0 Å². The summed E-state index contributed by atoms with van der Waals surface area (Å²) in [6.07, 6.45) is 13.2. The van der Waals surface area contributed by atoms with Crippen LogP contribution in [0, 0.1) is 23.0 Å². The average Bonchev–Trinajstić information content (AvgIpc) is 3.16. The van der Waals surface area contributed by atoms with Gasteiger partial charge in [0, 0.05) is 0 Å². The van der Waals surface area contributed by atoms with Gasteiger partial charge >= 0.3 is 26.2 Å². The number of rotatable bonds is 2. The van der Waals surface area contributed by atoms with E-state index in [1.807, 2.05) is 13.8 Å². The average molecular weight is 519 g/mol. The maximum absolute atomic E-state index is 5.81. The third kappa shape index (κ3) is 13.0. The van der Waals surface area contributed by atoms with E-state index in [-0.39, 0.29) is 26.2 Å². The molecule has 158 valence electrons. The van der Waals surface area contributed by atoms with E-state index in [1.165, 1.54) is 22.3 Å². The Morgan fingerprint density at radius 1 is 0.786 bits per heavy atom. The van der Waals surface area contributed by atoms with Crippen molar-refractivity contribution in [2.75, 3.05) is 0 Å². The van der Waals surface area contributed by atoms with Gasteiger partial charge in [0.2, 0.25) is 0 Å². The van der Waals surface area contributed by atoms with Crippen molar-refractivity contribution < 1.29 is 26.2 Å². The molecule has 0 radical (unpaired) electrons. The van der Waals surface area contributed by atoms with E-state index in [1.54, 1.807) is 0 Å². The van der Waals surface area contributed by atoms with Crippen LogP contribution in [0.3, 0.4) is 0 Å². The fraction of sp³-hybridized carbons (Fsp3) is 0.667. The Morgan fingerprint density at radius 2 is 1.07 bits per heavy atom. The SMILES string of the molecule is CC1=[C-]CC(C(C)(C)C)=C1.CC1=[C-]CC(C(C)(C)C)=C1.CC[Si](Cl)(Cl)CC.[Zr+2]. The smallest absolute Gasteiger partial charge is 0.269 e. The minimum atomic E-state index is -1.71. The second kappa shape index (κ2) is 13.1. The molecule has 28 heavy (non-hydrogen) atoms. The first-order valence-corrected chi connectivity index (χ1v) is 14.5. The van der Waals surface area contributed by atoms with Crippen LogP contribution in [-0.4, -0.2) is 6.69 Å². The Hall–Kier alpha value is 0.640. The Kier molecular flexibility index (Phi) is 14.5. The summed E-state index contributed by atoms with van der Waals surface area (Å²) in [5, 5.41) is 0. The van der Waals surface area contributed by atoms with Crippen LogP contribution in [0.1, 0.15) is 82.1 Å². The van der Waals surface area contributed by atoms with Gasteiger partial charge in [-0.25, -0.2) is 23.3 Å². The number of allylic oxidation sites excluding steroid dienone is 8. The summed E-state index contributed by atoms with van der Waals surface area (Å²) < 4.78 is 0. The molecule has 0 spiro atoms. The van der Waals surface area contributed by atoms with Crippen LogP contribution in [0.5, 0.6) is 0 Å². The Balaban J connectivity index is 0. The molecule has 0 heterocycles. The summed E-state index contributed by atoms with van der Waals surface area (Å²) in [5.41, 5.74) is 6.28. The Morgan fingerprint density at radius 3 is 1.14 bits per heavy atom. The fourth-order valence-electron chi connectivity index (χ4n) is 2.41. The monoisotopic (exact) mass is 516 g/mol. The second-order valence-electron chi connectivity index (χ2n) is 9.48. The Bertz CT molecular complexity index is 545. The number of hydrogen-bond acceptors (Lipinski definition) is 0. The van der Waals surface area contributed by atoms with Gasteiger partial charge < -0.3 is 0 Å². The van der Waals surface area contributed by atoms with Crippen molar-refractivity contribution in [3.8, 4) is 0 Å². The topological polar surface area (TPSA) is 0 Å². The van der Waals surface area contributed by atoms with Crippen molar-refractivity contribution in [2.24, 2.45) is 10.8 Å². The van der Waals surface area contributed by atoms with Gasteiger partial charge in [0.15, 0.2) is 0 Å². The molecule has 0 aliphatic heterocycles. The molecule has 4 heteroatoms. The van der Waals surface area contributed by atoms with Crippen molar-refractivity contribution >= 4 is 28.9 Å². The third-order valence-corrected chi connectivity index (χ3v) is 10.1. The number of hydrogen-bond donors (Lipinski definition) is 0. The molecule has 0 aromatic carbocycles. The molecule has 0 N–H and O–H groups in total. The van der Waals surface area contributed by atoms with Gasteiger partial charge in [0.1, 0.15) is 0 Å². The van der Waals surface area contributed by atoms with E-state index < -0.39 is 6.69 Å². The van der Waals surface area contributed by atoms with Crippen LogP contribution in [-0.2, 0) is 26.2 Å². The molecule has 0 saturated heterocycles. The third-order valence-electron chi connectivity index (χ3n) is 4.86. The van der Waals surface area contributed by atoms with Gasteiger partial charge in [-0.3, -0.25) is 12.2 Å². The summed E-state index contributed by atoms with van der Waals surface area (Å²) >= 11 is 11.6. The summed E-state index contributed by atoms with van der Waals surface area (Å²) in [6.45, 7) is 20.1. The van der Waals surface area contributed by atoms with E-state index in [9.17, 15) is 0 Å². The molecule has 0 atom stereocenters. The predicted octanol–water partition coefficient (Wildman–Crippen LogP) is 9.17. The van der Waals surface area contributed by atoms with E-state index in [4.69, 9.17) is 22.2 Å². The van der Waals surface area contributed by atoms with Crippen LogP contribution >= 0.6 is 22.2 Å². The first-order valence-electron chi connectivity index (χ1n) is 10.1. The van der Waals surface area contributed by atoms with Crippen LogP contribution in [0.25, 0.3) is 0 Å². The summed E-state index contributed by atoms with van der Waals surface area (Å²) in [4.78, 5) is 0. The van der Waals surface area contributed by atoms with E-state index in [0.717, 1.165) is 24.9 Å². The quantitative estimate of drug-likeness (QED) is 0.194. The van der Waals surface area contributed by atoms with Gasteiger partial charge in [-0.1, -0.05) is 69.2 Å². The molecule has 2 rings (SSSR count). The van der Waals surface area contributed by atoms with E-state index in [2.05, 4.69) is 79.7 Å². The minimum absolute atomic E-state index is 0.